The molecule has 0 aromatic rings. The lowest BCUT2D eigenvalue weighted by molar-refractivity contribution is -0.549. The topological polar surface area (TPSA) is 105 Å². The fraction of sp³-hybridized carbons (Fsp3) is 1.00. The Hall–Kier alpha value is -1.56. The number of alkyl halides is 4. The molecule has 3 aliphatic rings. The smallest absolute Gasteiger partial charge is 0.280 e. The van der Waals surface area contributed by atoms with Gasteiger partial charge in [0.05, 0.1) is 12.7 Å². The third kappa shape index (κ3) is 5.44. The number of ether oxygens (including phenoxy) is 2. The van der Waals surface area contributed by atoms with Crippen molar-refractivity contribution < 1.29 is 36.9 Å². The lowest BCUT2D eigenvalue weighted by atomic mass is 9.85. The first-order valence-electron chi connectivity index (χ1n) is 10.8. The molecule has 0 N–H and O–H groups in total. The van der Waals surface area contributed by atoms with E-state index in [1.807, 2.05) is 0 Å². The Balaban J connectivity index is 1.62. The molecule has 3 saturated carbocycles. The van der Waals surface area contributed by atoms with Gasteiger partial charge in [-0.2, -0.15) is 0 Å². The highest BCUT2D eigenvalue weighted by Crippen LogP contribution is 2.36. The van der Waals surface area contributed by atoms with Gasteiger partial charge in [0.25, 0.3) is 6.04 Å². The lowest BCUT2D eigenvalue weighted by Crippen LogP contribution is -2.62. The maximum atomic E-state index is 14.4. The molecule has 0 radical (unpaired) electrons. The van der Waals surface area contributed by atoms with Gasteiger partial charge in [-0.25, -0.2) is 17.6 Å². The highest BCUT2D eigenvalue weighted by atomic mass is 19.2. The molecule has 3 rings (SSSR count). The summed E-state index contributed by atoms with van der Waals surface area (Å²) in [5.74, 6) is 0.296. The number of hydrogen-bond acceptors (Lipinski definition) is 6. The van der Waals surface area contributed by atoms with Crippen molar-refractivity contribution in [2.24, 2.45) is 5.92 Å². The molecule has 0 saturated heterocycles. The Morgan fingerprint density at radius 3 is 1.97 bits per heavy atom. The largest absolute Gasteiger partial charge is 0.371 e. The van der Waals surface area contributed by atoms with Crippen molar-refractivity contribution in [1.29, 1.82) is 0 Å². The molecule has 0 aromatic carbocycles. The second-order valence-electron chi connectivity index (χ2n) is 8.82. The summed E-state index contributed by atoms with van der Waals surface area (Å²) in [5.41, 5.74) is 0. The summed E-state index contributed by atoms with van der Waals surface area (Å²) in [6.45, 7) is 0.340. The molecule has 0 spiro atoms. The van der Waals surface area contributed by atoms with Gasteiger partial charge in [0.15, 0.2) is 12.3 Å². The second-order valence-corrected chi connectivity index (χ2v) is 8.82. The highest BCUT2D eigenvalue weighted by molar-refractivity contribution is 5.01. The molecule has 3 fully saturated rings. The normalized spacial score (nSPS) is 42.3. The number of hydrogen-bond donors (Lipinski definition) is 0. The van der Waals surface area contributed by atoms with E-state index in [-0.39, 0.29) is 19.3 Å². The molecule has 7 atom stereocenters. The van der Waals surface area contributed by atoms with Crippen molar-refractivity contribution >= 4 is 0 Å². The van der Waals surface area contributed by atoms with Gasteiger partial charge in [-0.3, -0.25) is 20.2 Å². The zero-order valence-electron chi connectivity index (χ0n) is 17.0. The van der Waals surface area contributed by atoms with E-state index in [9.17, 15) is 37.8 Å². The fourth-order valence-corrected chi connectivity index (χ4v) is 4.93. The van der Waals surface area contributed by atoms with Crippen LogP contribution in [-0.4, -0.2) is 71.5 Å². The Labute approximate surface area is 176 Å². The van der Waals surface area contributed by atoms with E-state index in [2.05, 4.69) is 0 Å². The number of rotatable bonds is 7. The van der Waals surface area contributed by atoms with Gasteiger partial charge in [-0.15, -0.1) is 0 Å². The Morgan fingerprint density at radius 2 is 1.42 bits per heavy atom. The summed E-state index contributed by atoms with van der Waals surface area (Å²) in [4.78, 5) is 20.4. The van der Waals surface area contributed by atoms with Crippen molar-refractivity contribution in [3.05, 3.63) is 20.2 Å². The molecule has 7 unspecified atom stereocenters. The van der Waals surface area contributed by atoms with Crippen LogP contribution in [0.3, 0.4) is 0 Å². The van der Waals surface area contributed by atoms with Crippen LogP contribution in [0.1, 0.15) is 51.4 Å². The molecule has 0 bridgehead atoms. The van der Waals surface area contributed by atoms with Crippen LogP contribution in [0, 0.1) is 26.1 Å². The summed E-state index contributed by atoms with van der Waals surface area (Å²) < 4.78 is 68.0. The van der Waals surface area contributed by atoms with Gasteiger partial charge >= 0.3 is 0 Å². The first-order valence-corrected chi connectivity index (χ1v) is 10.8. The molecule has 8 nitrogen and oxygen atoms in total. The van der Waals surface area contributed by atoms with Crippen LogP contribution >= 0.6 is 0 Å². The highest BCUT2D eigenvalue weighted by Gasteiger charge is 2.60. The minimum atomic E-state index is -2.85. The third-order valence-corrected chi connectivity index (χ3v) is 6.73. The van der Waals surface area contributed by atoms with Crippen LogP contribution in [0.5, 0.6) is 0 Å². The SMILES string of the molecule is O=[N+]([O-])C1CCC(OC2C(F)C(F)C([N+](=O)[O-])C(F)C2F)CC1OCC1CCCCC1. The van der Waals surface area contributed by atoms with E-state index in [0.29, 0.717) is 12.5 Å². The van der Waals surface area contributed by atoms with Gasteiger partial charge < -0.3 is 9.47 Å². The molecule has 31 heavy (non-hydrogen) atoms. The van der Waals surface area contributed by atoms with Gasteiger partial charge in [-0.05, 0) is 25.2 Å². The molecular weight excluding hydrogens is 428 g/mol. The van der Waals surface area contributed by atoms with E-state index in [0.717, 1.165) is 32.1 Å². The average molecular weight is 456 g/mol. The van der Waals surface area contributed by atoms with Crippen molar-refractivity contribution in [1.82, 2.24) is 0 Å². The van der Waals surface area contributed by atoms with Gasteiger partial charge in [0.1, 0.15) is 12.2 Å². The Kier molecular flexibility index (Phi) is 8.06. The standard InChI is InChI=1S/C19H28F4N2O6/c20-14-16(22)19(17(23)15(21)18(14)25(28)29)31-11-6-7-12(24(26)27)13(8-11)30-9-10-4-2-1-3-5-10/h10-19H,1-9H2. The van der Waals surface area contributed by atoms with Crippen LogP contribution in [-0.2, 0) is 9.47 Å². The number of nitro groups is 2. The van der Waals surface area contributed by atoms with Crippen molar-refractivity contribution in [3.8, 4) is 0 Å². The zero-order chi connectivity index (χ0) is 22.7. The van der Waals surface area contributed by atoms with Gasteiger partial charge in [0.2, 0.25) is 18.4 Å². The van der Waals surface area contributed by atoms with Crippen LogP contribution in [0.2, 0.25) is 0 Å². The second kappa shape index (κ2) is 10.4. The maximum Gasteiger partial charge on any atom is 0.280 e. The van der Waals surface area contributed by atoms with Crippen molar-refractivity contribution in [2.75, 3.05) is 6.61 Å². The van der Waals surface area contributed by atoms with Crippen molar-refractivity contribution in [2.45, 2.75) is 106 Å². The first-order chi connectivity index (χ1) is 14.7. The molecule has 12 heteroatoms. The van der Waals surface area contributed by atoms with E-state index in [1.54, 1.807) is 0 Å². The van der Waals surface area contributed by atoms with Crippen LogP contribution in [0.4, 0.5) is 17.6 Å². The van der Waals surface area contributed by atoms with Gasteiger partial charge in [-0.1, -0.05) is 19.3 Å². The zero-order valence-corrected chi connectivity index (χ0v) is 17.0. The first kappa shape index (κ1) is 24.1. The predicted octanol–water partition coefficient (Wildman–Crippen LogP) is 3.55. The van der Waals surface area contributed by atoms with Crippen molar-refractivity contribution in [3.63, 3.8) is 0 Å². The molecule has 0 aromatic heterocycles. The maximum absolute atomic E-state index is 14.4. The fourth-order valence-electron chi connectivity index (χ4n) is 4.93. The van der Waals surface area contributed by atoms with E-state index < -0.39 is 64.9 Å². The summed E-state index contributed by atoms with van der Waals surface area (Å²) >= 11 is 0. The van der Waals surface area contributed by atoms with Gasteiger partial charge in [0, 0.05) is 22.7 Å². The molecular formula is C19H28F4N2O6. The predicted molar refractivity (Wildman–Crippen MR) is 100.0 cm³/mol. The van der Waals surface area contributed by atoms with E-state index >= 15 is 0 Å². The molecule has 0 heterocycles. The Morgan fingerprint density at radius 1 is 0.806 bits per heavy atom. The Bertz CT molecular complexity index is 625. The monoisotopic (exact) mass is 456 g/mol. The van der Waals surface area contributed by atoms with E-state index in [4.69, 9.17) is 9.47 Å². The molecule has 178 valence electrons. The lowest BCUT2D eigenvalue weighted by Gasteiger charge is -2.39. The van der Waals surface area contributed by atoms with Crippen LogP contribution in [0.25, 0.3) is 0 Å². The minimum absolute atomic E-state index is 0.0310. The number of halogens is 4. The van der Waals surface area contributed by atoms with Crippen LogP contribution in [0.15, 0.2) is 0 Å². The quantitative estimate of drug-likeness (QED) is 0.330. The molecule has 0 aliphatic heterocycles. The van der Waals surface area contributed by atoms with E-state index in [1.165, 1.54) is 0 Å². The summed E-state index contributed by atoms with van der Waals surface area (Å²) in [6.07, 6.45) is -9.75. The summed E-state index contributed by atoms with van der Waals surface area (Å²) in [5, 5.41) is 22.2. The average Bonchev–Trinajstić information content (AvgIpc) is 2.74. The molecule has 0 amide bonds. The minimum Gasteiger partial charge on any atom is -0.371 e. The van der Waals surface area contributed by atoms with Crippen LogP contribution < -0.4 is 0 Å². The summed E-state index contributed by atoms with van der Waals surface area (Å²) in [7, 11) is 0. The molecule has 3 aliphatic carbocycles. The third-order valence-electron chi connectivity index (χ3n) is 6.73. The number of nitrogens with zero attached hydrogens (tertiary/aromatic N) is 2. The summed E-state index contributed by atoms with van der Waals surface area (Å²) in [6, 6.07) is -3.64.